The summed E-state index contributed by atoms with van der Waals surface area (Å²) in [4.78, 5) is 0. The second kappa shape index (κ2) is 14.4. The molecule has 0 aromatic heterocycles. The van der Waals surface area contributed by atoms with Gasteiger partial charge in [-0.05, 0) is 96.6 Å². The Hall–Kier alpha value is -3.07. The minimum absolute atomic E-state index is 0.197. The maximum Gasteiger partial charge on any atom is 0.166 e. The summed E-state index contributed by atoms with van der Waals surface area (Å²) in [6.45, 7) is 5.93. The van der Waals surface area contributed by atoms with Crippen LogP contribution in [0.15, 0.2) is 73.3 Å². The average molecular weight is 571 g/mol. The molecule has 222 valence electrons. The standard InChI is InChI=1S/C39H45F3/c1-3-5-7-8-27-10-12-28(13-11-27)29-14-18-31(19-15-29)35-24-23-34(26-37(35)40)30-16-20-32(21-17-30)36-25-22-33(9-6-4-2)38(41)39(36)42/h4,16-18,20-29H,2-3,5-15,19H2,1H3. The predicted octanol–water partition coefficient (Wildman–Crippen LogP) is 12.1. The molecule has 0 heterocycles. The molecule has 0 aliphatic heterocycles. The maximum absolute atomic E-state index is 15.4. The second-order valence-electron chi connectivity index (χ2n) is 12.5. The van der Waals surface area contributed by atoms with E-state index in [0.29, 0.717) is 29.5 Å². The van der Waals surface area contributed by atoms with Crippen LogP contribution in [0.3, 0.4) is 0 Å². The summed E-state index contributed by atoms with van der Waals surface area (Å²) in [5.41, 5.74) is 4.64. The summed E-state index contributed by atoms with van der Waals surface area (Å²) in [5, 5.41) is 0. The van der Waals surface area contributed by atoms with Gasteiger partial charge in [-0.15, -0.1) is 6.58 Å². The van der Waals surface area contributed by atoms with E-state index in [1.54, 1.807) is 36.4 Å². The largest absolute Gasteiger partial charge is 0.206 e. The summed E-state index contributed by atoms with van der Waals surface area (Å²) in [6, 6.07) is 16.0. The molecule has 0 spiro atoms. The SMILES string of the molecule is C=CCCc1ccc(-c2ccc(-c3ccc(C4=CCC(C5CCC(CCCCC)CC5)CC4)c(F)c3)cc2)c(F)c1F. The molecule has 1 fully saturated rings. The van der Waals surface area contributed by atoms with Crippen molar-refractivity contribution in [2.75, 3.05) is 0 Å². The molecule has 42 heavy (non-hydrogen) atoms. The zero-order chi connectivity index (χ0) is 29.5. The highest BCUT2D eigenvalue weighted by Gasteiger charge is 2.29. The first-order valence-corrected chi connectivity index (χ1v) is 16.2. The molecule has 3 aromatic carbocycles. The quantitative estimate of drug-likeness (QED) is 0.159. The number of halogens is 3. The minimum atomic E-state index is -0.835. The number of hydrogen-bond donors (Lipinski definition) is 0. The van der Waals surface area contributed by atoms with Gasteiger partial charge in [0.25, 0.3) is 0 Å². The lowest BCUT2D eigenvalue weighted by molar-refractivity contribution is 0.187. The molecule has 0 N–H and O–H groups in total. The summed E-state index contributed by atoms with van der Waals surface area (Å²) in [7, 11) is 0. The van der Waals surface area contributed by atoms with Crippen molar-refractivity contribution < 1.29 is 13.2 Å². The molecule has 0 nitrogen and oxygen atoms in total. The van der Waals surface area contributed by atoms with Gasteiger partial charge in [0.1, 0.15) is 5.82 Å². The van der Waals surface area contributed by atoms with Crippen LogP contribution in [-0.4, -0.2) is 0 Å². The molecular formula is C39H45F3. The van der Waals surface area contributed by atoms with E-state index in [0.717, 1.165) is 53.7 Å². The van der Waals surface area contributed by atoms with Gasteiger partial charge in [-0.2, -0.15) is 0 Å². The third-order valence-corrected chi connectivity index (χ3v) is 9.85. The van der Waals surface area contributed by atoms with Gasteiger partial charge in [-0.1, -0.05) is 106 Å². The lowest BCUT2D eigenvalue weighted by Crippen LogP contribution is -2.23. The van der Waals surface area contributed by atoms with E-state index in [4.69, 9.17) is 0 Å². The summed E-state index contributed by atoms with van der Waals surface area (Å²) in [6.07, 6.45) is 19.2. The highest BCUT2D eigenvalue weighted by Crippen LogP contribution is 2.43. The van der Waals surface area contributed by atoms with Crippen LogP contribution in [0.4, 0.5) is 13.2 Å². The number of allylic oxidation sites excluding steroid dienone is 3. The van der Waals surface area contributed by atoms with Crippen LogP contribution in [0.5, 0.6) is 0 Å². The van der Waals surface area contributed by atoms with Gasteiger partial charge in [0.05, 0.1) is 0 Å². The van der Waals surface area contributed by atoms with E-state index in [1.165, 1.54) is 51.4 Å². The normalized spacial score (nSPS) is 20.8. The molecule has 0 amide bonds. The summed E-state index contributed by atoms with van der Waals surface area (Å²) < 4.78 is 44.8. The van der Waals surface area contributed by atoms with Gasteiger partial charge < -0.3 is 0 Å². The van der Waals surface area contributed by atoms with Crippen molar-refractivity contribution in [1.82, 2.24) is 0 Å². The van der Waals surface area contributed by atoms with Gasteiger partial charge in [0.2, 0.25) is 0 Å². The summed E-state index contributed by atoms with van der Waals surface area (Å²) in [5.74, 6) is 0.683. The Morgan fingerprint density at radius 2 is 1.48 bits per heavy atom. The van der Waals surface area contributed by atoms with Crippen LogP contribution in [0, 0.1) is 35.2 Å². The Balaban J connectivity index is 1.21. The van der Waals surface area contributed by atoms with Crippen molar-refractivity contribution in [3.63, 3.8) is 0 Å². The van der Waals surface area contributed by atoms with E-state index in [2.05, 4.69) is 19.6 Å². The number of unbranched alkanes of at least 4 members (excludes halogenated alkanes) is 2. The van der Waals surface area contributed by atoms with Crippen LogP contribution in [-0.2, 0) is 6.42 Å². The molecular weight excluding hydrogens is 525 g/mol. The van der Waals surface area contributed by atoms with Crippen molar-refractivity contribution in [1.29, 1.82) is 0 Å². The van der Waals surface area contributed by atoms with Crippen LogP contribution < -0.4 is 0 Å². The van der Waals surface area contributed by atoms with Crippen molar-refractivity contribution >= 4 is 5.57 Å². The molecule has 0 radical (unpaired) electrons. The first kappa shape index (κ1) is 30.4. The smallest absolute Gasteiger partial charge is 0.166 e. The Morgan fingerprint density at radius 1 is 0.762 bits per heavy atom. The highest BCUT2D eigenvalue weighted by atomic mass is 19.2. The number of aryl methyl sites for hydroxylation is 1. The Morgan fingerprint density at radius 3 is 2.14 bits per heavy atom. The number of hydrogen-bond acceptors (Lipinski definition) is 0. The Bertz CT molecular complexity index is 1380. The zero-order valence-corrected chi connectivity index (χ0v) is 25.1. The van der Waals surface area contributed by atoms with Crippen molar-refractivity contribution in [2.24, 2.45) is 17.8 Å². The minimum Gasteiger partial charge on any atom is -0.206 e. The first-order valence-electron chi connectivity index (χ1n) is 16.2. The lowest BCUT2D eigenvalue weighted by Gasteiger charge is -2.35. The molecule has 3 heteroatoms. The topological polar surface area (TPSA) is 0 Å². The van der Waals surface area contributed by atoms with Crippen molar-refractivity contribution in [2.45, 2.75) is 90.4 Å². The van der Waals surface area contributed by atoms with Crippen molar-refractivity contribution in [3.8, 4) is 22.3 Å². The molecule has 3 aromatic rings. The Kier molecular flexibility index (Phi) is 10.4. The van der Waals surface area contributed by atoms with Gasteiger partial charge in [0, 0.05) is 11.1 Å². The fourth-order valence-corrected chi connectivity index (χ4v) is 7.22. The molecule has 1 unspecified atom stereocenters. The molecule has 2 aliphatic carbocycles. The predicted molar refractivity (Wildman–Crippen MR) is 171 cm³/mol. The van der Waals surface area contributed by atoms with E-state index in [9.17, 15) is 8.78 Å². The van der Waals surface area contributed by atoms with Crippen LogP contribution in [0.2, 0.25) is 0 Å². The third kappa shape index (κ3) is 7.10. The molecule has 2 aliphatic rings. The number of benzene rings is 3. The monoisotopic (exact) mass is 570 g/mol. The highest BCUT2D eigenvalue weighted by molar-refractivity contribution is 5.74. The fourth-order valence-electron chi connectivity index (χ4n) is 7.22. The second-order valence-corrected chi connectivity index (χ2v) is 12.5. The van der Waals surface area contributed by atoms with Crippen molar-refractivity contribution in [3.05, 3.63) is 102 Å². The van der Waals surface area contributed by atoms with Crippen LogP contribution >= 0.6 is 0 Å². The van der Waals surface area contributed by atoms with Crippen LogP contribution in [0.25, 0.3) is 27.8 Å². The van der Waals surface area contributed by atoms with Gasteiger partial charge in [-0.25, -0.2) is 13.2 Å². The van der Waals surface area contributed by atoms with Gasteiger partial charge in [0.15, 0.2) is 11.6 Å². The molecule has 5 rings (SSSR count). The van der Waals surface area contributed by atoms with E-state index < -0.39 is 11.6 Å². The first-order chi connectivity index (χ1) is 20.5. The van der Waals surface area contributed by atoms with Crippen LogP contribution in [0.1, 0.15) is 95.1 Å². The van der Waals surface area contributed by atoms with E-state index in [1.807, 2.05) is 24.3 Å². The molecule has 0 bridgehead atoms. The van der Waals surface area contributed by atoms with E-state index >= 15 is 4.39 Å². The number of rotatable bonds is 11. The average Bonchev–Trinajstić information content (AvgIpc) is 3.02. The third-order valence-electron chi connectivity index (χ3n) is 9.85. The summed E-state index contributed by atoms with van der Waals surface area (Å²) >= 11 is 0. The molecule has 1 saturated carbocycles. The lowest BCUT2D eigenvalue weighted by atomic mass is 9.70. The maximum atomic E-state index is 15.4. The van der Waals surface area contributed by atoms with Gasteiger partial charge >= 0.3 is 0 Å². The van der Waals surface area contributed by atoms with E-state index in [-0.39, 0.29) is 11.4 Å². The van der Waals surface area contributed by atoms with Gasteiger partial charge in [-0.3, -0.25) is 0 Å². The fraction of sp³-hybridized carbons (Fsp3) is 0.436. The zero-order valence-electron chi connectivity index (χ0n) is 25.1. The molecule has 0 saturated heterocycles. The molecule has 1 atom stereocenters. The Labute approximate surface area is 250 Å².